The van der Waals surface area contributed by atoms with Gasteiger partial charge in [0.25, 0.3) is 0 Å². The second-order valence-corrected chi connectivity index (χ2v) is 6.05. The second-order valence-electron chi connectivity index (χ2n) is 6.05. The maximum atomic E-state index is 13.7. The minimum Gasteiger partial charge on any atom is -0.387 e. The van der Waals surface area contributed by atoms with Gasteiger partial charge in [0.2, 0.25) is 0 Å². The number of aliphatic hydroxyl groups is 1. The molecule has 1 fully saturated rings. The summed E-state index contributed by atoms with van der Waals surface area (Å²) in [5.41, 5.74) is -0.213. The van der Waals surface area contributed by atoms with Crippen molar-refractivity contribution in [2.75, 3.05) is 39.3 Å². The van der Waals surface area contributed by atoms with E-state index in [0.717, 1.165) is 39.1 Å². The quantitative estimate of drug-likeness (QED) is 0.838. The third-order valence-electron chi connectivity index (χ3n) is 4.54. The van der Waals surface area contributed by atoms with Crippen LogP contribution in [-0.2, 0) is 0 Å². The molecule has 0 aromatic heterocycles. The van der Waals surface area contributed by atoms with E-state index in [9.17, 15) is 13.9 Å². The minimum atomic E-state index is -1.12. The summed E-state index contributed by atoms with van der Waals surface area (Å²) in [6.07, 6.45) is -0.0448. The first-order valence-corrected chi connectivity index (χ1v) is 8.11. The molecule has 0 spiro atoms. The largest absolute Gasteiger partial charge is 0.387 e. The number of likely N-dealkylation sites (tertiary alicyclic amines) is 1. The highest BCUT2D eigenvalue weighted by molar-refractivity contribution is 5.22. The first kappa shape index (κ1) is 17.3. The maximum Gasteiger partial charge on any atom is 0.131 e. The SMILES string of the molecule is CCN(CC)CC1CCN(CC(O)c2c(F)cccc2F)C1. The van der Waals surface area contributed by atoms with Crippen molar-refractivity contribution in [1.82, 2.24) is 9.80 Å². The molecule has 1 aliphatic rings. The van der Waals surface area contributed by atoms with Gasteiger partial charge in [-0.25, -0.2) is 8.78 Å². The predicted molar refractivity (Wildman–Crippen MR) is 83.7 cm³/mol. The van der Waals surface area contributed by atoms with Gasteiger partial charge >= 0.3 is 0 Å². The molecule has 3 nitrogen and oxygen atoms in total. The second kappa shape index (κ2) is 7.99. The van der Waals surface area contributed by atoms with E-state index in [1.807, 2.05) is 0 Å². The van der Waals surface area contributed by atoms with Gasteiger partial charge in [0.1, 0.15) is 11.6 Å². The number of aliphatic hydroxyl groups excluding tert-OH is 1. The van der Waals surface area contributed by atoms with Gasteiger partial charge < -0.3 is 14.9 Å². The summed E-state index contributed by atoms with van der Waals surface area (Å²) in [7, 11) is 0. The molecule has 124 valence electrons. The Hall–Kier alpha value is -1.04. The Morgan fingerprint density at radius 2 is 1.91 bits per heavy atom. The lowest BCUT2D eigenvalue weighted by molar-refractivity contribution is 0.115. The van der Waals surface area contributed by atoms with Gasteiger partial charge in [-0.3, -0.25) is 0 Å². The summed E-state index contributed by atoms with van der Waals surface area (Å²) in [5.74, 6) is -0.782. The molecule has 1 N–H and O–H groups in total. The van der Waals surface area contributed by atoms with Crippen LogP contribution < -0.4 is 0 Å². The molecule has 2 unspecified atom stereocenters. The molecule has 0 aliphatic carbocycles. The van der Waals surface area contributed by atoms with Crippen molar-refractivity contribution in [3.05, 3.63) is 35.4 Å². The molecular formula is C17H26F2N2O. The van der Waals surface area contributed by atoms with Crippen molar-refractivity contribution in [3.63, 3.8) is 0 Å². The fourth-order valence-corrected chi connectivity index (χ4v) is 3.24. The Labute approximate surface area is 131 Å². The van der Waals surface area contributed by atoms with E-state index in [1.165, 1.54) is 18.2 Å². The molecule has 2 atom stereocenters. The number of hydrogen-bond acceptors (Lipinski definition) is 3. The van der Waals surface area contributed by atoms with Crippen molar-refractivity contribution in [3.8, 4) is 0 Å². The molecule has 1 aliphatic heterocycles. The first-order valence-electron chi connectivity index (χ1n) is 8.11. The van der Waals surface area contributed by atoms with Crippen LogP contribution in [0.25, 0.3) is 0 Å². The van der Waals surface area contributed by atoms with Gasteiger partial charge in [-0.1, -0.05) is 19.9 Å². The molecule has 5 heteroatoms. The third-order valence-corrected chi connectivity index (χ3v) is 4.54. The fourth-order valence-electron chi connectivity index (χ4n) is 3.24. The topological polar surface area (TPSA) is 26.7 Å². The molecule has 22 heavy (non-hydrogen) atoms. The average Bonchev–Trinajstić information content (AvgIpc) is 2.91. The van der Waals surface area contributed by atoms with Crippen LogP contribution in [-0.4, -0.2) is 54.2 Å². The van der Waals surface area contributed by atoms with E-state index < -0.39 is 17.7 Å². The van der Waals surface area contributed by atoms with E-state index in [-0.39, 0.29) is 12.1 Å². The molecule has 0 amide bonds. The van der Waals surface area contributed by atoms with Crippen molar-refractivity contribution in [2.45, 2.75) is 26.4 Å². The van der Waals surface area contributed by atoms with Crippen LogP contribution in [0.5, 0.6) is 0 Å². The minimum absolute atomic E-state index is 0.213. The van der Waals surface area contributed by atoms with E-state index in [4.69, 9.17) is 0 Å². The lowest BCUT2D eigenvalue weighted by Gasteiger charge is -2.24. The van der Waals surface area contributed by atoms with Crippen molar-refractivity contribution in [2.24, 2.45) is 5.92 Å². The van der Waals surface area contributed by atoms with Crippen molar-refractivity contribution >= 4 is 0 Å². The Morgan fingerprint density at radius 1 is 1.27 bits per heavy atom. The molecule has 0 radical (unpaired) electrons. The summed E-state index contributed by atoms with van der Waals surface area (Å²) in [5, 5.41) is 10.2. The standard InChI is InChI=1S/C17H26F2N2O/c1-3-20(4-2)10-13-8-9-21(11-13)12-16(22)17-14(18)6-5-7-15(17)19/h5-7,13,16,22H,3-4,8-12H2,1-2H3. The third kappa shape index (κ3) is 4.24. The molecule has 1 aromatic rings. The summed E-state index contributed by atoms with van der Waals surface area (Å²) in [6, 6.07) is 3.69. The van der Waals surface area contributed by atoms with Gasteiger partial charge in [-0.15, -0.1) is 0 Å². The zero-order valence-electron chi connectivity index (χ0n) is 13.4. The number of hydrogen-bond donors (Lipinski definition) is 1. The smallest absolute Gasteiger partial charge is 0.131 e. The van der Waals surface area contributed by atoms with Crippen molar-refractivity contribution in [1.29, 1.82) is 0 Å². The highest BCUT2D eigenvalue weighted by Gasteiger charge is 2.27. The molecule has 0 bridgehead atoms. The molecule has 1 saturated heterocycles. The van der Waals surface area contributed by atoms with E-state index in [0.29, 0.717) is 5.92 Å². The first-order chi connectivity index (χ1) is 10.5. The lowest BCUT2D eigenvalue weighted by Crippen LogP contribution is -2.32. The fraction of sp³-hybridized carbons (Fsp3) is 0.647. The molecular weight excluding hydrogens is 286 g/mol. The van der Waals surface area contributed by atoms with E-state index in [2.05, 4.69) is 23.6 Å². The van der Waals surface area contributed by atoms with E-state index in [1.54, 1.807) is 0 Å². The average molecular weight is 312 g/mol. The zero-order chi connectivity index (χ0) is 16.1. The number of β-amino-alcohol motifs (C(OH)–C–C–N with tert-alkyl or cyclic N) is 1. The normalized spacial score (nSPS) is 20.7. The summed E-state index contributed by atoms with van der Waals surface area (Å²) >= 11 is 0. The number of rotatable bonds is 7. The van der Waals surface area contributed by atoms with Crippen LogP contribution in [0.4, 0.5) is 8.78 Å². The monoisotopic (exact) mass is 312 g/mol. The van der Waals surface area contributed by atoms with Gasteiger partial charge in [0.15, 0.2) is 0 Å². The molecule has 1 aromatic carbocycles. The van der Waals surface area contributed by atoms with Crippen LogP contribution in [0.1, 0.15) is 31.9 Å². The van der Waals surface area contributed by atoms with Gasteiger partial charge in [-0.05, 0) is 44.1 Å². The Balaban J connectivity index is 1.90. The molecule has 2 rings (SSSR count). The van der Waals surface area contributed by atoms with Gasteiger partial charge in [-0.2, -0.15) is 0 Å². The highest BCUT2D eigenvalue weighted by atomic mass is 19.1. The molecule has 1 heterocycles. The maximum absolute atomic E-state index is 13.7. The predicted octanol–water partition coefficient (Wildman–Crippen LogP) is 2.66. The Morgan fingerprint density at radius 3 is 2.50 bits per heavy atom. The van der Waals surface area contributed by atoms with Crippen molar-refractivity contribution < 1.29 is 13.9 Å². The van der Waals surface area contributed by atoms with Crippen LogP contribution in [0.15, 0.2) is 18.2 Å². The highest BCUT2D eigenvalue weighted by Crippen LogP contribution is 2.24. The lowest BCUT2D eigenvalue weighted by atomic mass is 10.1. The van der Waals surface area contributed by atoms with Crippen LogP contribution >= 0.6 is 0 Å². The van der Waals surface area contributed by atoms with Gasteiger partial charge in [0.05, 0.1) is 11.7 Å². The number of halogens is 2. The van der Waals surface area contributed by atoms with Crippen LogP contribution in [0, 0.1) is 17.6 Å². The summed E-state index contributed by atoms with van der Waals surface area (Å²) in [4.78, 5) is 4.49. The molecule has 0 saturated carbocycles. The zero-order valence-corrected chi connectivity index (χ0v) is 13.4. The summed E-state index contributed by atoms with van der Waals surface area (Å²) < 4.78 is 27.4. The Kier molecular flexibility index (Phi) is 6.29. The Bertz CT molecular complexity index is 459. The number of benzene rings is 1. The van der Waals surface area contributed by atoms with Gasteiger partial charge in [0, 0.05) is 19.6 Å². The summed E-state index contributed by atoms with van der Waals surface area (Å²) in [6.45, 7) is 9.47. The van der Waals surface area contributed by atoms with E-state index >= 15 is 0 Å². The van der Waals surface area contributed by atoms with Crippen LogP contribution in [0.3, 0.4) is 0 Å². The van der Waals surface area contributed by atoms with Crippen LogP contribution in [0.2, 0.25) is 0 Å². The number of nitrogens with zero attached hydrogens (tertiary/aromatic N) is 2.